The summed E-state index contributed by atoms with van der Waals surface area (Å²) in [5.74, 6) is -0.512. The van der Waals surface area contributed by atoms with Crippen LogP contribution in [0, 0.1) is 0 Å². The molecule has 0 bridgehead atoms. The summed E-state index contributed by atoms with van der Waals surface area (Å²) in [6, 6.07) is -0.244. The van der Waals surface area contributed by atoms with Crippen molar-refractivity contribution in [2.45, 2.75) is 13.0 Å². The van der Waals surface area contributed by atoms with Gasteiger partial charge in [-0.1, -0.05) is 5.10 Å². The van der Waals surface area contributed by atoms with Crippen molar-refractivity contribution in [2.75, 3.05) is 18.0 Å². The number of nitrogens with one attached hydrogen (secondary N) is 1. The fourth-order valence-electron chi connectivity index (χ4n) is 1.31. The fourth-order valence-corrected chi connectivity index (χ4v) is 1.31. The first kappa shape index (κ1) is 10.6. The average Bonchev–Trinajstić information content (AvgIpc) is 2.64. The van der Waals surface area contributed by atoms with Gasteiger partial charge >= 0.3 is 6.01 Å². The smallest absolute Gasteiger partial charge is 0.319 e. The van der Waals surface area contributed by atoms with Crippen LogP contribution in [0.1, 0.15) is 18.9 Å². The van der Waals surface area contributed by atoms with Crippen LogP contribution in [0.4, 0.5) is 6.01 Å². The second-order valence-corrected chi connectivity index (χ2v) is 3.54. The molecule has 0 aliphatic carbocycles. The van der Waals surface area contributed by atoms with Gasteiger partial charge in [0.2, 0.25) is 17.7 Å². The number of carbonyl (C=O) groups excluding carboxylic acids is 2. The van der Waals surface area contributed by atoms with Gasteiger partial charge in [-0.15, -0.1) is 5.10 Å². The maximum Gasteiger partial charge on any atom is 0.319 e. The maximum absolute atomic E-state index is 11.1. The molecule has 1 fully saturated rings. The average molecular weight is 225 g/mol. The third-order valence-corrected chi connectivity index (χ3v) is 2.04. The lowest BCUT2D eigenvalue weighted by Gasteiger charge is -2.22. The van der Waals surface area contributed by atoms with E-state index in [2.05, 4.69) is 15.5 Å². The van der Waals surface area contributed by atoms with Gasteiger partial charge in [0.25, 0.3) is 0 Å². The van der Waals surface area contributed by atoms with Crippen molar-refractivity contribution >= 4 is 17.8 Å². The Morgan fingerprint density at radius 2 is 2.00 bits per heavy atom. The van der Waals surface area contributed by atoms with Gasteiger partial charge in [-0.3, -0.25) is 14.9 Å². The highest BCUT2D eigenvalue weighted by atomic mass is 16.4. The Balaban J connectivity index is 2.16. The summed E-state index contributed by atoms with van der Waals surface area (Å²) in [5, 5.41) is 9.62. The van der Waals surface area contributed by atoms with Gasteiger partial charge in [-0.05, 0) is 6.92 Å². The molecule has 2 heterocycles. The summed E-state index contributed by atoms with van der Waals surface area (Å²) in [6.45, 7) is 1.74. The lowest BCUT2D eigenvalue weighted by molar-refractivity contribution is -0.130. The van der Waals surface area contributed by atoms with Crippen molar-refractivity contribution in [3.05, 3.63) is 5.89 Å². The molecule has 1 atom stereocenters. The Bertz CT molecular complexity index is 411. The minimum Gasteiger partial charge on any atom is -0.406 e. The Hall–Kier alpha value is -1.96. The number of anilines is 1. The molecule has 1 unspecified atom stereocenters. The van der Waals surface area contributed by atoms with E-state index in [1.165, 1.54) is 4.90 Å². The van der Waals surface area contributed by atoms with Crippen molar-refractivity contribution in [3.8, 4) is 0 Å². The van der Waals surface area contributed by atoms with E-state index < -0.39 is 11.8 Å². The molecule has 0 radical (unpaired) electrons. The van der Waals surface area contributed by atoms with Crippen LogP contribution < -0.4 is 16.0 Å². The number of carbonyl (C=O) groups is 2. The lowest BCUT2D eigenvalue weighted by atomic mass is 10.3. The maximum atomic E-state index is 11.1. The largest absolute Gasteiger partial charge is 0.406 e. The van der Waals surface area contributed by atoms with Gasteiger partial charge < -0.3 is 15.1 Å². The lowest BCUT2D eigenvalue weighted by Crippen LogP contribution is -2.51. The summed E-state index contributed by atoms with van der Waals surface area (Å²) in [5.41, 5.74) is 5.55. The van der Waals surface area contributed by atoms with Crippen LogP contribution in [0.15, 0.2) is 4.42 Å². The molecule has 8 heteroatoms. The van der Waals surface area contributed by atoms with E-state index in [9.17, 15) is 9.59 Å². The van der Waals surface area contributed by atoms with Crippen LogP contribution in [-0.4, -0.2) is 35.1 Å². The topological polar surface area (TPSA) is 114 Å². The Morgan fingerprint density at radius 1 is 1.38 bits per heavy atom. The Kier molecular flexibility index (Phi) is 2.57. The number of imide groups is 1. The Labute approximate surface area is 90.8 Å². The van der Waals surface area contributed by atoms with E-state index >= 15 is 0 Å². The second kappa shape index (κ2) is 3.89. The molecule has 1 saturated heterocycles. The monoisotopic (exact) mass is 225 g/mol. The zero-order chi connectivity index (χ0) is 11.7. The number of hydrogen-bond acceptors (Lipinski definition) is 7. The van der Waals surface area contributed by atoms with Gasteiger partial charge in [0.05, 0.1) is 6.04 Å². The molecule has 1 aromatic heterocycles. The van der Waals surface area contributed by atoms with Crippen LogP contribution in [-0.2, 0) is 9.59 Å². The summed E-state index contributed by atoms with van der Waals surface area (Å²) >= 11 is 0. The number of nitrogens with zero attached hydrogens (tertiary/aromatic N) is 3. The summed E-state index contributed by atoms with van der Waals surface area (Å²) in [4.78, 5) is 23.6. The van der Waals surface area contributed by atoms with Gasteiger partial charge in [0, 0.05) is 0 Å². The number of rotatable bonds is 2. The first-order valence-corrected chi connectivity index (χ1v) is 4.73. The first-order chi connectivity index (χ1) is 7.56. The summed E-state index contributed by atoms with van der Waals surface area (Å²) in [7, 11) is 0. The molecule has 0 saturated carbocycles. The molecule has 1 aliphatic rings. The van der Waals surface area contributed by atoms with Crippen LogP contribution in [0.2, 0.25) is 0 Å². The van der Waals surface area contributed by atoms with Crippen molar-refractivity contribution in [1.82, 2.24) is 15.5 Å². The minimum atomic E-state index is -0.392. The molecular formula is C8H11N5O3. The number of nitrogens with two attached hydrogens (primary N) is 1. The van der Waals surface area contributed by atoms with Crippen molar-refractivity contribution in [2.24, 2.45) is 5.73 Å². The van der Waals surface area contributed by atoms with Crippen LogP contribution >= 0.6 is 0 Å². The fraction of sp³-hybridized carbons (Fsp3) is 0.500. The van der Waals surface area contributed by atoms with Crippen molar-refractivity contribution in [3.63, 3.8) is 0 Å². The van der Waals surface area contributed by atoms with E-state index in [-0.39, 0.29) is 31.0 Å². The number of aromatic nitrogens is 2. The summed E-state index contributed by atoms with van der Waals surface area (Å²) in [6.07, 6.45) is 0. The standard InChI is InChI=1S/C8H11N5O3/c1-4(9)7-11-12-8(16-7)13-2-5(14)10-6(15)3-13/h4H,2-3,9H2,1H3,(H,10,14,15). The van der Waals surface area contributed by atoms with Gasteiger partial charge in [0.15, 0.2) is 0 Å². The first-order valence-electron chi connectivity index (χ1n) is 4.73. The van der Waals surface area contributed by atoms with Gasteiger partial charge in [0.1, 0.15) is 13.1 Å². The molecule has 16 heavy (non-hydrogen) atoms. The second-order valence-electron chi connectivity index (χ2n) is 3.54. The molecule has 1 aromatic rings. The summed E-state index contributed by atoms with van der Waals surface area (Å²) < 4.78 is 5.23. The molecule has 3 N–H and O–H groups in total. The van der Waals surface area contributed by atoms with E-state index in [4.69, 9.17) is 10.2 Å². The highest BCUT2D eigenvalue weighted by molar-refractivity contribution is 6.02. The predicted octanol–water partition coefficient (Wildman–Crippen LogP) is -1.45. The molecule has 8 nitrogen and oxygen atoms in total. The molecule has 2 amide bonds. The van der Waals surface area contributed by atoms with Crippen molar-refractivity contribution in [1.29, 1.82) is 0 Å². The normalized spacial score (nSPS) is 18.5. The zero-order valence-electron chi connectivity index (χ0n) is 8.64. The molecular weight excluding hydrogens is 214 g/mol. The number of amides is 2. The van der Waals surface area contributed by atoms with Crippen LogP contribution in [0.3, 0.4) is 0 Å². The highest BCUT2D eigenvalue weighted by Gasteiger charge is 2.26. The van der Waals surface area contributed by atoms with E-state index in [0.29, 0.717) is 0 Å². The minimum absolute atomic E-state index is 0.0202. The molecule has 1 aliphatic heterocycles. The third kappa shape index (κ3) is 2.01. The molecule has 0 aromatic carbocycles. The van der Waals surface area contributed by atoms with Gasteiger partial charge in [-0.25, -0.2) is 0 Å². The molecule has 0 spiro atoms. The van der Waals surface area contributed by atoms with Crippen molar-refractivity contribution < 1.29 is 14.0 Å². The quantitative estimate of drug-likeness (QED) is 0.592. The number of piperazine rings is 1. The van der Waals surface area contributed by atoms with Gasteiger partial charge in [-0.2, -0.15) is 0 Å². The van der Waals surface area contributed by atoms with Crippen LogP contribution in [0.5, 0.6) is 0 Å². The molecule has 86 valence electrons. The SMILES string of the molecule is CC(N)c1nnc(N2CC(=O)NC(=O)C2)o1. The van der Waals surface area contributed by atoms with E-state index in [0.717, 1.165) is 0 Å². The molecule has 2 rings (SSSR count). The highest BCUT2D eigenvalue weighted by Crippen LogP contribution is 2.16. The van der Waals surface area contributed by atoms with E-state index in [1.807, 2.05) is 0 Å². The van der Waals surface area contributed by atoms with Crippen LogP contribution in [0.25, 0.3) is 0 Å². The third-order valence-electron chi connectivity index (χ3n) is 2.04. The number of hydrogen-bond donors (Lipinski definition) is 2. The zero-order valence-corrected chi connectivity index (χ0v) is 8.64. The Morgan fingerprint density at radius 3 is 2.50 bits per heavy atom. The predicted molar refractivity (Wildman–Crippen MR) is 52.3 cm³/mol. The van der Waals surface area contributed by atoms with E-state index in [1.54, 1.807) is 6.92 Å².